The number of nitrogens with zero attached hydrogens (tertiary/aromatic N) is 1. The molecule has 0 spiro atoms. The molecule has 2 rings (SSSR count). The highest BCUT2D eigenvalue weighted by Gasteiger charge is 2.26. The second kappa shape index (κ2) is 9.93. The Kier molecular flexibility index (Phi) is 7.61. The number of amides is 2. The van der Waals surface area contributed by atoms with E-state index in [1.54, 1.807) is 11.8 Å². The maximum absolute atomic E-state index is 12.9. The second-order valence-corrected chi connectivity index (χ2v) is 7.19. The van der Waals surface area contributed by atoms with E-state index in [1.807, 2.05) is 64.1 Å². The zero-order valence-electron chi connectivity index (χ0n) is 17.4. The number of nitrogens with one attached hydrogen (secondary N) is 1. The lowest BCUT2D eigenvalue weighted by Crippen LogP contribution is -2.49. The van der Waals surface area contributed by atoms with E-state index in [2.05, 4.69) is 11.4 Å². The minimum atomic E-state index is -0.586. The van der Waals surface area contributed by atoms with Gasteiger partial charge in [-0.1, -0.05) is 35.9 Å². The maximum Gasteiger partial charge on any atom is 0.261 e. The summed E-state index contributed by atoms with van der Waals surface area (Å²) in [5.74, 6) is 0.264. The van der Waals surface area contributed by atoms with Crippen molar-refractivity contribution in [1.82, 2.24) is 10.2 Å². The van der Waals surface area contributed by atoms with Crippen molar-refractivity contribution in [1.29, 1.82) is 0 Å². The third-order valence-corrected chi connectivity index (χ3v) is 4.55. The molecule has 0 saturated heterocycles. The number of rotatable bonds is 8. The standard InChI is InChI=1S/C23H30N2O3/c1-6-24-23(27)19(5)25(14-20-9-7-16(2)8-10-20)22(26)15-28-21-12-17(3)11-18(4)13-21/h7-13,19H,6,14-15H2,1-5H3,(H,24,27)/t19-/m0/s1. The lowest BCUT2D eigenvalue weighted by molar-refractivity contribution is -0.142. The van der Waals surface area contributed by atoms with Crippen LogP contribution in [-0.2, 0) is 16.1 Å². The van der Waals surface area contributed by atoms with Crippen LogP contribution in [-0.4, -0.2) is 35.9 Å². The number of hydrogen-bond donors (Lipinski definition) is 1. The molecule has 0 radical (unpaired) electrons. The van der Waals surface area contributed by atoms with Gasteiger partial charge in [0.15, 0.2) is 6.61 Å². The van der Waals surface area contributed by atoms with Gasteiger partial charge in [-0.2, -0.15) is 0 Å². The van der Waals surface area contributed by atoms with E-state index in [4.69, 9.17) is 4.74 Å². The van der Waals surface area contributed by atoms with Gasteiger partial charge in [0.2, 0.25) is 5.91 Å². The van der Waals surface area contributed by atoms with Gasteiger partial charge >= 0.3 is 0 Å². The molecule has 0 fully saturated rings. The Morgan fingerprint density at radius 1 is 1.00 bits per heavy atom. The molecular weight excluding hydrogens is 352 g/mol. The van der Waals surface area contributed by atoms with Gasteiger partial charge in [0.25, 0.3) is 5.91 Å². The number of likely N-dealkylation sites (N-methyl/N-ethyl adjacent to an activating group) is 1. The first-order valence-electron chi connectivity index (χ1n) is 9.64. The molecule has 0 saturated carbocycles. The largest absolute Gasteiger partial charge is 0.484 e. The van der Waals surface area contributed by atoms with E-state index in [1.165, 1.54) is 0 Å². The molecule has 0 bridgehead atoms. The van der Waals surface area contributed by atoms with Crippen molar-refractivity contribution in [2.24, 2.45) is 0 Å². The molecule has 0 unspecified atom stereocenters. The average molecular weight is 383 g/mol. The maximum atomic E-state index is 12.9. The number of aryl methyl sites for hydroxylation is 3. The lowest BCUT2D eigenvalue weighted by Gasteiger charge is -2.28. The van der Waals surface area contributed by atoms with Crippen LogP contribution < -0.4 is 10.1 Å². The Labute approximate surface area is 167 Å². The van der Waals surface area contributed by atoms with Crippen molar-refractivity contribution >= 4 is 11.8 Å². The smallest absolute Gasteiger partial charge is 0.261 e. The molecule has 0 aromatic heterocycles. The predicted octanol–water partition coefficient (Wildman–Crippen LogP) is 3.54. The monoisotopic (exact) mass is 382 g/mol. The number of carbonyl (C=O) groups excluding carboxylic acids is 2. The fourth-order valence-corrected chi connectivity index (χ4v) is 3.04. The summed E-state index contributed by atoms with van der Waals surface area (Å²) in [6.45, 7) is 10.4. The molecule has 1 N–H and O–H groups in total. The van der Waals surface area contributed by atoms with Crippen LogP contribution in [0, 0.1) is 20.8 Å². The van der Waals surface area contributed by atoms with E-state index < -0.39 is 6.04 Å². The summed E-state index contributed by atoms with van der Waals surface area (Å²) in [7, 11) is 0. The Hall–Kier alpha value is -2.82. The van der Waals surface area contributed by atoms with Crippen LogP contribution in [0.3, 0.4) is 0 Å². The Balaban J connectivity index is 2.14. The van der Waals surface area contributed by atoms with E-state index in [-0.39, 0.29) is 18.4 Å². The van der Waals surface area contributed by atoms with E-state index >= 15 is 0 Å². The third-order valence-electron chi connectivity index (χ3n) is 4.55. The molecule has 150 valence electrons. The van der Waals surface area contributed by atoms with Crippen LogP contribution in [0.2, 0.25) is 0 Å². The van der Waals surface area contributed by atoms with Gasteiger partial charge in [0.05, 0.1) is 0 Å². The van der Waals surface area contributed by atoms with Crippen molar-refractivity contribution in [2.45, 2.75) is 47.2 Å². The van der Waals surface area contributed by atoms with Crippen LogP contribution in [0.25, 0.3) is 0 Å². The molecule has 28 heavy (non-hydrogen) atoms. The molecule has 0 aliphatic rings. The summed E-state index contributed by atoms with van der Waals surface area (Å²) in [6, 6.07) is 13.2. The zero-order valence-corrected chi connectivity index (χ0v) is 17.4. The van der Waals surface area contributed by atoms with Gasteiger partial charge in [-0.15, -0.1) is 0 Å². The van der Waals surface area contributed by atoms with Gasteiger partial charge in [-0.3, -0.25) is 9.59 Å². The Bertz CT molecular complexity index is 795. The summed E-state index contributed by atoms with van der Waals surface area (Å²) in [4.78, 5) is 26.8. The van der Waals surface area contributed by atoms with Crippen molar-refractivity contribution in [3.63, 3.8) is 0 Å². The highest BCUT2D eigenvalue weighted by atomic mass is 16.5. The fourth-order valence-electron chi connectivity index (χ4n) is 3.04. The lowest BCUT2D eigenvalue weighted by atomic mass is 10.1. The van der Waals surface area contributed by atoms with Gasteiger partial charge in [0, 0.05) is 13.1 Å². The SMILES string of the molecule is CCNC(=O)[C@H](C)N(Cc1ccc(C)cc1)C(=O)COc1cc(C)cc(C)c1. The predicted molar refractivity (Wildman–Crippen MR) is 111 cm³/mol. The summed E-state index contributed by atoms with van der Waals surface area (Å²) < 4.78 is 5.73. The van der Waals surface area contributed by atoms with Crippen LogP contribution in [0.15, 0.2) is 42.5 Å². The first-order valence-corrected chi connectivity index (χ1v) is 9.64. The Morgan fingerprint density at radius 2 is 1.61 bits per heavy atom. The van der Waals surface area contributed by atoms with Crippen molar-refractivity contribution in [3.8, 4) is 5.75 Å². The molecule has 5 nitrogen and oxygen atoms in total. The van der Waals surface area contributed by atoms with Crippen molar-refractivity contribution < 1.29 is 14.3 Å². The number of benzene rings is 2. The van der Waals surface area contributed by atoms with Gasteiger partial charge < -0.3 is 15.0 Å². The minimum absolute atomic E-state index is 0.113. The Morgan fingerprint density at radius 3 is 2.18 bits per heavy atom. The molecule has 0 heterocycles. The topological polar surface area (TPSA) is 58.6 Å². The van der Waals surface area contributed by atoms with Crippen LogP contribution in [0.4, 0.5) is 0 Å². The summed E-state index contributed by atoms with van der Waals surface area (Å²) in [6.07, 6.45) is 0. The third kappa shape index (κ3) is 6.12. The molecule has 0 aliphatic heterocycles. The summed E-state index contributed by atoms with van der Waals surface area (Å²) in [5.41, 5.74) is 4.28. The molecular formula is C23H30N2O3. The highest BCUT2D eigenvalue weighted by molar-refractivity contribution is 5.87. The van der Waals surface area contributed by atoms with E-state index in [0.29, 0.717) is 18.8 Å². The van der Waals surface area contributed by atoms with Crippen LogP contribution in [0.5, 0.6) is 5.75 Å². The van der Waals surface area contributed by atoms with Crippen molar-refractivity contribution in [3.05, 3.63) is 64.7 Å². The zero-order chi connectivity index (χ0) is 20.7. The quantitative estimate of drug-likeness (QED) is 0.760. The molecule has 2 amide bonds. The van der Waals surface area contributed by atoms with Gasteiger partial charge in [-0.05, 0) is 63.4 Å². The molecule has 5 heteroatoms. The van der Waals surface area contributed by atoms with E-state index in [0.717, 1.165) is 22.3 Å². The average Bonchev–Trinajstić information content (AvgIpc) is 2.64. The molecule has 2 aromatic carbocycles. The highest BCUT2D eigenvalue weighted by Crippen LogP contribution is 2.17. The number of ether oxygens (including phenoxy) is 1. The number of carbonyl (C=O) groups is 2. The normalized spacial score (nSPS) is 11.6. The summed E-state index contributed by atoms with van der Waals surface area (Å²) in [5, 5.41) is 2.79. The van der Waals surface area contributed by atoms with E-state index in [9.17, 15) is 9.59 Å². The fraction of sp³-hybridized carbons (Fsp3) is 0.391. The molecule has 2 aromatic rings. The first kappa shape index (κ1) is 21.5. The minimum Gasteiger partial charge on any atom is -0.484 e. The number of hydrogen-bond acceptors (Lipinski definition) is 3. The first-order chi connectivity index (χ1) is 13.3. The molecule has 0 aliphatic carbocycles. The van der Waals surface area contributed by atoms with Gasteiger partial charge in [0.1, 0.15) is 11.8 Å². The van der Waals surface area contributed by atoms with Gasteiger partial charge in [-0.25, -0.2) is 0 Å². The van der Waals surface area contributed by atoms with Crippen LogP contribution in [0.1, 0.15) is 36.1 Å². The van der Waals surface area contributed by atoms with Crippen LogP contribution >= 0.6 is 0 Å². The van der Waals surface area contributed by atoms with Crippen molar-refractivity contribution in [2.75, 3.05) is 13.2 Å². The summed E-state index contributed by atoms with van der Waals surface area (Å²) >= 11 is 0. The molecule has 1 atom stereocenters. The second-order valence-electron chi connectivity index (χ2n) is 7.19.